The molecule has 0 aliphatic carbocycles. The first-order valence-electron chi connectivity index (χ1n) is 10.3. The summed E-state index contributed by atoms with van der Waals surface area (Å²) in [5, 5.41) is 0. The molecule has 0 bridgehead atoms. The van der Waals surface area contributed by atoms with Crippen molar-refractivity contribution in [1.29, 1.82) is 0 Å². The maximum absolute atomic E-state index is 12.6. The van der Waals surface area contributed by atoms with E-state index in [9.17, 15) is 34.9 Å². The molecule has 0 fully saturated rings. The summed E-state index contributed by atoms with van der Waals surface area (Å²) >= 11 is 0. The van der Waals surface area contributed by atoms with Gasteiger partial charge in [0.05, 0.1) is 10.9 Å². The van der Waals surface area contributed by atoms with Gasteiger partial charge in [-0.15, -0.1) is 0 Å². The van der Waals surface area contributed by atoms with Gasteiger partial charge in [-0.05, 0) is 38.1 Å². The quantitative estimate of drug-likeness (QED) is 0.0957. The summed E-state index contributed by atoms with van der Waals surface area (Å²) in [4.78, 5) is 1.83. The van der Waals surface area contributed by atoms with Gasteiger partial charge in [0.15, 0.2) is 38.0 Å². The maximum atomic E-state index is 12.6. The number of halogens is 5. The molecule has 0 unspecified atom stereocenters. The predicted octanol–water partition coefficient (Wildman–Crippen LogP) is 6.69. The molecule has 0 atom stereocenters. The van der Waals surface area contributed by atoms with E-state index < -0.39 is 44.1 Å². The molecule has 3 nitrogen and oxygen atoms in total. The van der Waals surface area contributed by atoms with Crippen molar-refractivity contribution in [1.82, 2.24) is 0 Å². The lowest BCUT2D eigenvalue weighted by atomic mass is 10.2. The van der Waals surface area contributed by atoms with Gasteiger partial charge in [0.2, 0.25) is 5.82 Å². The molecular formula is C26H19F5O3S2. The van der Waals surface area contributed by atoms with Crippen LogP contribution in [0.2, 0.25) is 0 Å². The third kappa shape index (κ3) is 5.77. The van der Waals surface area contributed by atoms with Gasteiger partial charge in [-0.3, -0.25) is 0 Å². The van der Waals surface area contributed by atoms with Crippen LogP contribution in [0.3, 0.4) is 0 Å². The van der Waals surface area contributed by atoms with Crippen molar-refractivity contribution in [2.75, 3.05) is 0 Å². The van der Waals surface area contributed by atoms with Crippen molar-refractivity contribution < 1.29 is 34.9 Å². The Bertz CT molecular complexity index is 1390. The van der Waals surface area contributed by atoms with Crippen LogP contribution < -0.4 is 0 Å². The lowest BCUT2D eigenvalue weighted by molar-refractivity contribution is 0.350. The number of hydrogen-bond acceptors (Lipinski definition) is 3. The highest BCUT2D eigenvalue weighted by Gasteiger charge is 2.31. The molecule has 4 rings (SSSR count). The topological polar surface area (TPSA) is 57.2 Å². The Balaban J connectivity index is 0.000000214. The van der Waals surface area contributed by atoms with Crippen LogP contribution in [0, 0.1) is 42.9 Å². The van der Waals surface area contributed by atoms with E-state index in [2.05, 4.69) is 92.7 Å². The molecule has 4 aromatic rings. The molecule has 188 valence electrons. The van der Waals surface area contributed by atoms with Gasteiger partial charge in [0.1, 0.15) is 15.0 Å². The Hall–Kier alpha value is -3.21. The molecule has 0 amide bonds. The predicted molar refractivity (Wildman–Crippen MR) is 125 cm³/mol. The molecule has 0 N–H and O–H groups in total. The highest BCUT2D eigenvalue weighted by atomic mass is 32.2. The van der Waals surface area contributed by atoms with Crippen molar-refractivity contribution in [2.24, 2.45) is 0 Å². The van der Waals surface area contributed by atoms with E-state index in [1.54, 1.807) is 0 Å². The zero-order valence-electron chi connectivity index (χ0n) is 18.9. The molecule has 0 aromatic heterocycles. The summed E-state index contributed by atoms with van der Waals surface area (Å²) in [7, 11) is -5.81. The summed E-state index contributed by atoms with van der Waals surface area (Å²) in [6.45, 7) is 4.43. The summed E-state index contributed by atoms with van der Waals surface area (Å²) in [6.07, 6.45) is 0. The van der Waals surface area contributed by atoms with E-state index in [4.69, 9.17) is 0 Å². The van der Waals surface area contributed by atoms with Crippen molar-refractivity contribution in [3.8, 4) is 0 Å². The molecule has 0 saturated heterocycles. The van der Waals surface area contributed by atoms with Crippen LogP contribution in [0.4, 0.5) is 22.0 Å². The zero-order valence-corrected chi connectivity index (χ0v) is 20.6. The fourth-order valence-corrected chi connectivity index (χ4v) is 6.41. The highest BCUT2D eigenvalue weighted by Crippen LogP contribution is 2.34. The van der Waals surface area contributed by atoms with E-state index in [1.807, 2.05) is 0 Å². The first-order chi connectivity index (χ1) is 16.9. The first-order valence-corrected chi connectivity index (χ1v) is 13.0. The van der Waals surface area contributed by atoms with Gasteiger partial charge in [-0.2, -0.15) is 0 Å². The molecule has 0 saturated carbocycles. The standard InChI is InChI=1S/C20H19S.C6HF5O3S/c1-16-10-9-11-17(2)20(16)21(18-12-5-3-6-13-18)19-14-7-4-8-15-19;7-1-2(8)4(10)6(15(12,13)14)5(11)3(1)9/h3-15H,1-2H3;(H,12,13,14)/q+1;/p-1. The van der Waals surface area contributed by atoms with E-state index in [-0.39, 0.29) is 10.9 Å². The van der Waals surface area contributed by atoms with Gasteiger partial charge in [0.25, 0.3) is 0 Å². The Morgan fingerprint density at radius 3 is 1.31 bits per heavy atom. The summed E-state index contributed by atoms with van der Waals surface area (Å²) in [6, 6.07) is 28.2. The van der Waals surface area contributed by atoms with Gasteiger partial charge >= 0.3 is 0 Å². The maximum Gasteiger partial charge on any atom is 0.200 e. The lowest BCUT2D eigenvalue weighted by Gasteiger charge is -2.12. The second-order valence-electron chi connectivity index (χ2n) is 7.51. The van der Waals surface area contributed by atoms with Gasteiger partial charge in [-0.25, -0.2) is 30.4 Å². The number of aryl methyl sites for hydroxylation is 2. The van der Waals surface area contributed by atoms with E-state index in [1.165, 1.54) is 25.8 Å². The highest BCUT2D eigenvalue weighted by molar-refractivity contribution is 7.97. The third-order valence-electron chi connectivity index (χ3n) is 4.99. The largest absolute Gasteiger partial charge is 0.744 e. The molecule has 0 heterocycles. The number of benzene rings is 4. The molecule has 0 aliphatic heterocycles. The molecule has 0 aliphatic rings. The Kier molecular flexibility index (Phi) is 8.55. The zero-order chi connectivity index (χ0) is 26.6. The third-order valence-corrected chi connectivity index (χ3v) is 8.39. The van der Waals surface area contributed by atoms with Crippen LogP contribution in [0.25, 0.3) is 0 Å². The minimum absolute atomic E-state index is 0.0378. The monoisotopic (exact) mass is 538 g/mol. The fraction of sp³-hybridized carbons (Fsp3) is 0.0769. The molecular weight excluding hydrogens is 519 g/mol. The van der Waals surface area contributed by atoms with Crippen LogP contribution in [0.1, 0.15) is 11.1 Å². The molecule has 4 aromatic carbocycles. The minimum atomic E-state index is -5.77. The Morgan fingerprint density at radius 2 is 0.944 bits per heavy atom. The second kappa shape index (κ2) is 11.2. The van der Waals surface area contributed by atoms with E-state index >= 15 is 0 Å². The Morgan fingerprint density at radius 1 is 0.583 bits per heavy atom. The molecule has 0 radical (unpaired) electrons. The average Bonchev–Trinajstić information content (AvgIpc) is 2.84. The molecule has 10 heteroatoms. The van der Waals surface area contributed by atoms with Crippen LogP contribution >= 0.6 is 0 Å². The van der Waals surface area contributed by atoms with Crippen molar-refractivity contribution in [3.63, 3.8) is 0 Å². The van der Waals surface area contributed by atoms with Crippen LogP contribution in [-0.2, 0) is 21.0 Å². The summed E-state index contributed by atoms with van der Waals surface area (Å²) in [5.41, 5.74) is 2.73. The number of rotatable bonds is 4. The molecule has 36 heavy (non-hydrogen) atoms. The minimum Gasteiger partial charge on any atom is -0.744 e. The lowest BCUT2D eigenvalue weighted by Crippen LogP contribution is -2.12. The van der Waals surface area contributed by atoms with Gasteiger partial charge < -0.3 is 4.55 Å². The normalized spacial score (nSPS) is 11.2. The van der Waals surface area contributed by atoms with Crippen LogP contribution in [-0.4, -0.2) is 13.0 Å². The van der Waals surface area contributed by atoms with Crippen molar-refractivity contribution in [3.05, 3.63) is 119 Å². The Labute approximate surface area is 208 Å². The van der Waals surface area contributed by atoms with Gasteiger partial charge in [0, 0.05) is 11.1 Å². The van der Waals surface area contributed by atoms with Crippen LogP contribution in [0.5, 0.6) is 0 Å². The fourth-order valence-electron chi connectivity index (χ4n) is 3.41. The SMILES string of the molecule is Cc1cccc(C)c1[S+](c1ccccc1)c1ccccc1.O=S(=O)([O-])c1c(F)c(F)c(F)c(F)c1F. The summed E-state index contributed by atoms with van der Waals surface area (Å²) < 4.78 is 92.9. The van der Waals surface area contributed by atoms with Crippen molar-refractivity contribution in [2.45, 2.75) is 33.4 Å². The van der Waals surface area contributed by atoms with Gasteiger partial charge in [-0.1, -0.05) is 54.6 Å². The van der Waals surface area contributed by atoms with Crippen LogP contribution in [0.15, 0.2) is 98.4 Å². The van der Waals surface area contributed by atoms with E-state index in [0.29, 0.717) is 0 Å². The average molecular weight is 539 g/mol. The first kappa shape index (κ1) is 27.4. The number of hydrogen-bond donors (Lipinski definition) is 0. The second-order valence-corrected chi connectivity index (χ2v) is 10.8. The summed E-state index contributed by atoms with van der Waals surface area (Å²) in [5.74, 6) is -12.8. The van der Waals surface area contributed by atoms with E-state index in [0.717, 1.165) is 0 Å². The van der Waals surface area contributed by atoms with Crippen molar-refractivity contribution >= 4 is 21.0 Å². The molecule has 0 spiro atoms. The smallest absolute Gasteiger partial charge is 0.200 e.